The SMILES string of the molecule is CC[C@H](C)Nc1nc(NC[C@@H]2CCCO2)cc(-c2cccnc2)n1. The topological polar surface area (TPSA) is 72.0 Å². The van der Waals surface area contributed by atoms with Crippen molar-refractivity contribution >= 4 is 11.8 Å². The Hall–Kier alpha value is -2.21. The zero-order chi connectivity index (χ0) is 16.8. The Labute approximate surface area is 143 Å². The molecule has 24 heavy (non-hydrogen) atoms. The molecule has 0 unspecified atom stereocenters. The molecule has 0 saturated carbocycles. The average molecular weight is 327 g/mol. The lowest BCUT2D eigenvalue weighted by Gasteiger charge is -2.16. The van der Waals surface area contributed by atoms with E-state index in [1.165, 1.54) is 0 Å². The van der Waals surface area contributed by atoms with E-state index in [1.54, 1.807) is 6.20 Å². The molecule has 0 amide bonds. The maximum absolute atomic E-state index is 5.67. The van der Waals surface area contributed by atoms with Crippen molar-refractivity contribution in [1.82, 2.24) is 15.0 Å². The summed E-state index contributed by atoms with van der Waals surface area (Å²) in [6.45, 7) is 5.89. The molecule has 0 bridgehead atoms. The normalized spacial score (nSPS) is 18.3. The molecule has 1 saturated heterocycles. The molecule has 2 N–H and O–H groups in total. The Balaban J connectivity index is 1.81. The summed E-state index contributed by atoms with van der Waals surface area (Å²) >= 11 is 0. The van der Waals surface area contributed by atoms with Gasteiger partial charge in [-0.2, -0.15) is 4.98 Å². The second-order valence-electron chi connectivity index (χ2n) is 6.17. The molecule has 0 radical (unpaired) electrons. The summed E-state index contributed by atoms with van der Waals surface area (Å²) in [6.07, 6.45) is 7.11. The molecular weight excluding hydrogens is 302 g/mol. The lowest BCUT2D eigenvalue weighted by atomic mass is 10.2. The van der Waals surface area contributed by atoms with E-state index in [2.05, 4.69) is 39.4 Å². The largest absolute Gasteiger partial charge is 0.376 e. The van der Waals surface area contributed by atoms with Crippen LogP contribution >= 0.6 is 0 Å². The molecule has 1 aliphatic rings. The van der Waals surface area contributed by atoms with Crippen LogP contribution in [0, 0.1) is 0 Å². The first-order valence-corrected chi connectivity index (χ1v) is 8.66. The number of hydrogen-bond acceptors (Lipinski definition) is 6. The predicted octanol–water partition coefficient (Wildman–Crippen LogP) is 3.34. The van der Waals surface area contributed by atoms with Crippen molar-refractivity contribution < 1.29 is 4.74 Å². The fourth-order valence-electron chi connectivity index (χ4n) is 2.61. The quantitative estimate of drug-likeness (QED) is 0.812. The standard InChI is InChI=1S/C18H25N5O/c1-3-13(2)21-18-22-16(14-6-4-8-19-11-14)10-17(23-18)20-12-15-7-5-9-24-15/h4,6,8,10-11,13,15H,3,5,7,9,12H2,1-2H3,(H2,20,21,22,23)/t13-,15-/m0/s1. The third-order valence-electron chi connectivity index (χ3n) is 4.21. The van der Waals surface area contributed by atoms with Crippen molar-refractivity contribution in [1.29, 1.82) is 0 Å². The van der Waals surface area contributed by atoms with Crippen LogP contribution in [0.15, 0.2) is 30.6 Å². The van der Waals surface area contributed by atoms with Crippen LogP contribution in [0.4, 0.5) is 11.8 Å². The van der Waals surface area contributed by atoms with Crippen LogP contribution in [0.3, 0.4) is 0 Å². The molecule has 2 aromatic heterocycles. The molecule has 1 fully saturated rings. The van der Waals surface area contributed by atoms with Crippen LogP contribution in [0.2, 0.25) is 0 Å². The summed E-state index contributed by atoms with van der Waals surface area (Å²) in [5.41, 5.74) is 1.84. The maximum Gasteiger partial charge on any atom is 0.225 e. The van der Waals surface area contributed by atoms with Crippen LogP contribution < -0.4 is 10.6 Å². The first-order chi connectivity index (χ1) is 11.7. The van der Waals surface area contributed by atoms with Gasteiger partial charge in [0.25, 0.3) is 0 Å². The minimum atomic E-state index is 0.271. The minimum Gasteiger partial charge on any atom is -0.376 e. The number of aromatic nitrogens is 3. The molecule has 0 aliphatic carbocycles. The van der Waals surface area contributed by atoms with Gasteiger partial charge in [0.1, 0.15) is 5.82 Å². The summed E-state index contributed by atoms with van der Waals surface area (Å²) in [5.74, 6) is 1.45. The number of nitrogens with one attached hydrogen (secondary N) is 2. The molecule has 1 aliphatic heterocycles. The fraction of sp³-hybridized carbons (Fsp3) is 0.500. The monoisotopic (exact) mass is 327 g/mol. The molecule has 3 heterocycles. The van der Waals surface area contributed by atoms with Gasteiger partial charge in [-0.15, -0.1) is 0 Å². The van der Waals surface area contributed by atoms with Gasteiger partial charge in [-0.25, -0.2) is 4.98 Å². The third kappa shape index (κ3) is 4.41. The first kappa shape index (κ1) is 16.6. The number of rotatable bonds is 7. The number of ether oxygens (including phenoxy) is 1. The number of pyridine rings is 1. The second kappa shape index (κ2) is 8.06. The van der Waals surface area contributed by atoms with Crippen molar-refractivity contribution in [3.05, 3.63) is 30.6 Å². The molecule has 0 aromatic carbocycles. The second-order valence-corrected chi connectivity index (χ2v) is 6.17. The summed E-state index contributed by atoms with van der Waals surface area (Å²) in [7, 11) is 0. The van der Waals surface area contributed by atoms with Gasteiger partial charge in [0, 0.05) is 43.2 Å². The highest BCUT2D eigenvalue weighted by Gasteiger charge is 2.16. The molecule has 6 heteroatoms. The molecule has 0 spiro atoms. The smallest absolute Gasteiger partial charge is 0.225 e. The van der Waals surface area contributed by atoms with Gasteiger partial charge in [0.2, 0.25) is 5.95 Å². The minimum absolute atomic E-state index is 0.271. The van der Waals surface area contributed by atoms with Crippen molar-refractivity contribution in [3.63, 3.8) is 0 Å². The Kier molecular flexibility index (Phi) is 5.59. The van der Waals surface area contributed by atoms with Gasteiger partial charge in [0.15, 0.2) is 0 Å². The van der Waals surface area contributed by atoms with Crippen molar-refractivity contribution in [2.75, 3.05) is 23.8 Å². The van der Waals surface area contributed by atoms with E-state index < -0.39 is 0 Å². The number of hydrogen-bond donors (Lipinski definition) is 2. The summed E-state index contributed by atoms with van der Waals surface area (Å²) in [6, 6.07) is 6.21. The molecule has 2 atom stereocenters. The number of anilines is 2. The van der Waals surface area contributed by atoms with E-state index in [4.69, 9.17) is 4.74 Å². The lowest BCUT2D eigenvalue weighted by Crippen LogP contribution is -2.20. The third-order valence-corrected chi connectivity index (χ3v) is 4.21. The van der Waals surface area contributed by atoms with Crippen LogP contribution in [-0.2, 0) is 4.74 Å². The zero-order valence-electron chi connectivity index (χ0n) is 14.3. The average Bonchev–Trinajstić information content (AvgIpc) is 3.14. The van der Waals surface area contributed by atoms with E-state index in [0.29, 0.717) is 12.0 Å². The van der Waals surface area contributed by atoms with Gasteiger partial charge >= 0.3 is 0 Å². The number of nitrogens with zero attached hydrogens (tertiary/aromatic N) is 3. The summed E-state index contributed by atoms with van der Waals surface area (Å²) in [5, 5.41) is 6.75. The van der Waals surface area contributed by atoms with Gasteiger partial charge in [0.05, 0.1) is 11.8 Å². The van der Waals surface area contributed by atoms with Gasteiger partial charge in [-0.05, 0) is 38.3 Å². The van der Waals surface area contributed by atoms with Crippen LogP contribution in [0.5, 0.6) is 0 Å². The Morgan fingerprint density at radius 2 is 2.29 bits per heavy atom. The van der Waals surface area contributed by atoms with Crippen LogP contribution in [0.1, 0.15) is 33.1 Å². The van der Waals surface area contributed by atoms with Crippen LogP contribution in [-0.4, -0.2) is 40.2 Å². The Morgan fingerprint density at radius 3 is 3.00 bits per heavy atom. The zero-order valence-corrected chi connectivity index (χ0v) is 14.3. The van der Waals surface area contributed by atoms with Crippen molar-refractivity contribution in [2.45, 2.75) is 45.3 Å². The highest BCUT2D eigenvalue weighted by atomic mass is 16.5. The summed E-state index contributed by atoms with van der Waals surface area (Å²) in [4.78, 5) is 13.4. The Morgan fingerprint density at radius 1 is 1.38 bits per heavy atom. The van der Waals surface area contributed by atoms with Gasteiger partial charge in [-0.1, -0.05) is 6.92 Å². The molecule has 2 aromatic rings. The highest BCUT2D eigenvalue weighted by Crippen LogP contribution is 2.22. The van der Waals surface area contributed by atoms with Crippen molar-refractivity contribution in [3.8, 4) is 11.3 Å². The van der Waals surface area contributed by atoms with Gasteiger partial charge < -0.3 is 15.4 Å². The molecule has 3 rings (SSSR count). The van der Waals surface area contributed by atoms with E-state index in [-0.39, 0.29) is 6.10 Å². The molecular formula is C18H25N5O. The first-order valence-electron chi connectivity index (χ1n) is 8.66. The van der Waals surface area contributed by atoms with E-state index in [0.717, 1.165) is 49.5 Å². The van der Waals surface area contributed by atoms with Gasteiger partial charge in [-0.3, -0.25) is 4.98 Å². The van der Waals surface area contributed by atoms with E-state index in [1.807, 2.05) is 24.4 Å². The fourth-order valence-corrected chi connectivity index (χ4v) is 2.61. The highest BCUT2D eigenvalue weighted by molar-refractivity contribution is 5.63. The van der Waals surface area contributed by atoms with E-state index >= 15 is 0 Å². The van der Waals surface area contributed by atoms with Crippen LogP contribution in [0.25, 0.3) is 11.3 Å². The molecule has 128 valence electrons. The van der Waals surface area contributed by atoms with Crippen molar-refractivity contribution in [2.24, 2.45) is 0 Å². The predicted molar refractivity (Wildman–Crippen MR) is 96.1 cm³/mol. The van der Waals surface area contributed by atoms with E-state index in [9.17, 15) is 0 Å². The maximum atomic E-state index is 5.67. The summed E-state index contributed by atoms with van der Waals surface area (Å²) < 4.78 is 5.67. The Bertz CT molecular complexity index is 643. The lowest BCUT2D eigenvalue weighted by molar-refractivity contribution is 0.120. The molecule has 6 nitrogen and oxygen atoms in total.